The van der Waals surface area contributed by atoms with Gasteiger partial charge in [-0.25, -0.2) is 0 Å². The molecule has 0 unspecified atom stereocenters. The van der Waals surface area contributed by atoms with E-state index < -0.39 is 0 Å². The van der Waals surface area contributed by atoms with Gasteiger partial charge in [-0.1, -0.05) is 31.0 Å². The molecule has 0 radical (unpaired) electrons. The summed E-state index contributed by atoms with van der Waals surface area (Å²) in [5.41, 5.74) is 8.04. The number of aromatic amines is 1. The van der Waals surface area contributed by atoms with Crippen molar-refractivity contribution in [2.24, 2.45) is 0 Å². The molecule has 4 aromatic rings. The number of hydrogen-bond acceptors (Lipinski definition) is 4. The zero-order valence-corrected chi connectivity index (χ0v) is 19.9. The van der Waals surface area contributed by atoms with Crippen LogP contribution in [0.1, 0.15) is 59.7 Å². The highest BCUT2D eigenvalue weighted by atomic mass is 16.3. The van der Waals surface area contributed by atoms with Crippen LogP contribution in [0.4, 0.5) is 0 Å². The Bertz CT molecular complexity index is 1380. The minimum atomic E-state index is -0.0289. The molecule has 2 heterocycles. The number of aliphatic hydroxyl groups is 1. The second-order valence-corrected chi connectivity index (χ2v) is 9.50. The van der Waals surface area contributed by atoms with Crippen molar-refractivity contribution in [3.8, 4) is 11.1 Å². The number of pyridine rings is 1. The minimum Gasteiger partial charge on any atom is -0.392 e. The maximum atomic E-state index is 12.4. The van der Waals surface area contributed by atoms with Crippen LogP contribution in [0.3, 0.4) is 0 Å². The van der Waals surface area contributed by atoms with Gasteiger partial charge in [-0.2, -0.15) is 5.10 Å². The summed E-state index contributed by atoms with van der Waals surface area (Å²) < 4.78 is 2.21. The smallest absolute Gasteiger partial charge is 0.252 e. The molecule has 34 heavy (non-hydrogen) atoms. The summed E-state index contributed by atoms with van der Waals surface area (Å²) in [6.07, 6.45) is 6.84. The lowest BCUT2D eigenvalue weighted by molar-refractivity contribution is 0.282. The molecule has 0 spiro atoms. The van der Waals surface area contributed by atoms with Crippen LogP contribution in [0.15, 0.2) is 53.5 Å². The fraction of sp³-hybridized carbons (Fsp3) is 0.357. The van der Waals surface area contributed by atoms with Crippen LogP contribution in [0.25, 0.3) is 22.0 Å². The summed E-state index contributed by atoms with van der Waals surface area (Å²) in [6.45, 7) is 5.05. The Morgan fingerprint density at radius 2 is 1.91 bits per heavy atom. The fourth-order valence-corrected chi connectivity index (χ4v) is 5.24. The van der Waals surface area contributed by atoms with Crippen LogP contribution in [-0.4, -0.2) is 19.9 Å². The topological polar surface area (TPSA) is 82.9 Å². The van der Waals surface area contributed by atoms with E-state index in [4.69, 9.17) is 5.10 Å². The van der Waals surface area contributed by atoms with E-state index >= 15 is 0 Å². The number of fused-ring (bicyclic) bond motifs is 1. The molecule has 2 aromatic carbocycles. The molecular weight excluding hydrogens is 424 g/mol. The summed E-state index contributed by atoms with van der Waals surface area (Å²) in [4.78, 5) is 15.3. The summed E-state index contributed by atoms with van der Waals surface area (Å²) in [5.74, 6) is 0. The molecule has 176 valence electrons. The Morgan fingerprint density at radius 3 is 2.68 bits per heavy atom. The molecule has 1 aliphatic rings. The van der Waals surface area contributed by atoms with Gasteiger partial charge in [-0.05, 0) is 78.8 Å². The predicted molar refractivity (Wildman–Crippen MR) is 136 cm³/mol. The van der Waals surface area contributed by atoms with Crippen molar-refractivity contribution in [1.29, 1.82) is 0 Å². The number of H-pyrrole nitrogens is 1. The van der Waals surface area contributed by atoms with E-state index in [9.17, 15) is 9.90 Å². The second kappa shape index (κ2) is 9.57. The SMILES string of the molecule is Cc1cc(C)c(CNCc2cc(-c3cccc(CO)c3)cc3c2cnn3C2CCCC2)c(=O)[nH]1. The van der Waals surface area contributed by atoms with Gasteiger partial charge in [0.25, 0.3) is 5.56 Å². The zero-order valence-electron chi connectivity index (χ0n) is 19.9. The number of nitrogens with zero attached hydrogens (tertiary/aromatic N) is 2. The first-order chi connectivity index (χ1) is 16.5. The van der Waals surface area contributed by atoms with Crippen molar-refractivity contribution < 1.29 is 5.11 Å². The van der Waals surface area contributed by atoms with E-state index in [1.165, 1.54) is 25.7 Å². The number of benzene rings is 2. The highest BCUT2D eigenvalue weighted by molar-refractivity contribution is 5.88. The molecule has 1 aliphatic carbocycles. The Labute approximate surface area is 199 Å². The van der Waals surface area contributed by atoms with Crippen molar-refractivity contribution in [2.45, 2.75) is 65.3 Å². The Balaban J connectivity index is 1.51. The van der Waals surface area contributed by atoms with Crippen molar-refractivity contribution in [2.75, 3.05) is 0 Å². The number of hydrogen-bond donors (Lipinski definition) is 3. The van der Waals surface area contributed by atoms with Gasteiger partial charge in [0.15, 0.2) is 0 Å². The number of rotatable bonds is 7. The van der Waals surface area contributed by atoms with Gasteiger partial charge in [0.1, 0.15) is 0 Å². The Kier molecular flexibility index (Phi) is 6.35. The van der Waals surface area contributed by atoms with E-state index in [1.807, 2.05) is 44.3 Å². The highest BCUT2D eigenvalue weighted by Crippen LogP contribution is 2.35. The maximum Gasteiger partial charge on any atom is 0.252 e. The highest BCUT2D eigenvalue weighted by Gasteiger charge is 2.21. The molecule has 0 bridgehead atoms. The van der Waals surface area contributed by atoms with Gasteiger partial charge < -0.3 is 15.4 Å². The van der Waals surface area contributed by atoms with E-state index in [2.05, 4.69) is 33.2 Å². The van der Waals surface area contributed by atoms with Gasteiger partial charge >= 0.3 is 0 Å². The first-order valence-corrected chi connectivity index (χ1v) is 12.1. The van der Waals surface area contributed by atoms with Gasteiger partial charge in [-0.3, -0.25) is 9.48 Å². The third-order valence-corrected chi connectivity index (χ3v) is 7.03. The first kappa shape index (κ1) is 22.6. The van der Waals surface area contributed by atoms with E-state index in [0.717, 1.165) is 50.0 Å². The molecule has 1 saturated carbocycles. The Morgan fingerprint density at radius 1 is 1.09 bits per heavy atom. The number of aliphatic hydroxyl groups excluding tert-OH is 1. The molecule has 6 heteroatoms. The van der Waals surface area contributed by atoms with E-state index in [-0.39, 0.29) is 12.2 Å². The van der Waals surface area contributed by atoms with Gasteiger partial charge in [0.2, 0.25) is 0 Å². The van der Waals surface area contributed by atoms with Crippen molar-refractivity contribution in [1.82, 2.24) is 20.1 Å². The Hall–Kier alpha value is -3.22. The third kappa shape index (κ3) is 4.43. The minimum absolute atomic E-state index is 0.0228. The lowest BCUT2D eigenvalue weighted by Crippen LogP contribution is -2.22. The zero-order chi connectivity index (χ0) is 23.7. The average molecular weight is 457 g/mol. The first-order valence-electron chi connectivity index (χ1n) is 12.1. The lowest BCUT2D eigenvalue weighted by Gasteiger charge is -2.15. The molecule has 2 aromatic heterocycles. The van der Waals surface area contributed by atoms with Gasteiger partial charge in [-0.15, -0.1) is 0 Å². The van der Waals surface area contributed by atoms with Crippen molar-refractivity contribution in [3.05, 3.63) is 87.0 Å². The molecule has 5 rings (SSSR count). The molecule has 3 N–H and O–H groups in total. The van der Waals surface area contributed by atoms with Crippen LogP contribution in [0.2, 0.25) is 0 Å². The fourth-order valence-electron chi connectivity index (χ4n) is 5.24. The van der Waals surface area contributed by atoms with Crippen LogP contribution in [0, 0.1) is 13.8 Å². The molecule has 0 atom stereocenters. The summed E-state index contributed by atoms with van der Waals surface area (Å²) in [7, 11) is 0. The predicted octanol–water partition coefficient (Wildman–Crippen LogP) is 4.91. The van der Waals surface area contributed by atoms with Gasteiger partial charge in [0.05, 0.1) is 24.4 Å². The maximum absolute atomic E-state index is 12.4. The molecular formula is C28H32N4O2. The number of aromatic nitrogens is 3. The van der Waals surface area contributed by atoms with Gasteiger partial charge in [0, 0.05) is 29.7 Å². The second-order valence-electron chi connectivity index (χ2n) is 9.50. The molecule has 0 saturated heterocycles. The third-order valence-electron chi connectivity index (χ3n) is 7.03. The van der Waals surface area contributed by atoms with Crippen LogP contribution in [0.5, 0.6) is 0 Å². The van der Waals surface area contributed by atoms with Crippen LogP contribution >= 0.6 is 0 Å². The van der Waals surface area contributed by atoms with Crippen LogP contribution in [-0.2, 0) is 19.7 Å². The molecule has 1 fully saturated rings. The summed E-state index contributed by atoms with van der Waals surface area (Å²) >= 11 is 0. The van der Waals surface area contributed by atoms with E-state index in [1.54, 1.807) is 0 Å². The van der Waals surface area contributed by atoms with Crippen molar-refractivity contribution >= 4 is 10.9 Å². The number of aryl methyl sites for hydroxylation is 2. The van der Waals surface area contributed by atoms with Crippen molar-refractivity contribution in [3.63, 3.8) is 0 Å². The van der Waals surface area contributed by atoms with E-state index in [0.29, 0.717) is 19.1 Å². The molecule has 0 amide bonds. The average Bonchev–Trinajstić information content (AvgIpc) is 3.50. The standard InChI is InChI=1S/C28H32N4O2/c1-18-10-19(2)31-28(34)25(18)15-29-14-23-12-22(21-7-5-6-20(11-21)17-33)13-27-26(23)16-30-32(27)24-8-3-4-9-24/h5-7,10-13,16,24,29,33H,3-4,8-9,14-15,17H2,1-2H3,(H,31,34). The van der Waals surface area contributed by atoms with Crippen LogP contribution < -0.4 is 10.9 Å². The molecule has 6 nitrogen and oxygen atoms in total. The normalized spacial score (nSPS) is 14.3. The summed E-state index contributed by atoms with van der Waals surface area (Å²) in [6, 6.07) is 15.0. The summed E-state index contributed by atoms with van der Waals surface area (Å²) in [5, 5.41) is 19.1. The number of nitrogens with one attached hydrogen (secondary N) is 2. The largest absolute Gasteiger partial charge is 0.392 e. The lowest BCUT2D eigenvalue weighted by atomic mass is 9.98. The molecule has 0 aliphatic heterocycles. The quantitative estimate of drug-likeness (QED) is 0.369. The monoisotopic (exact) mass is 456 g/mol.